The lowest BCUT2D eigenvalue weighted by atomic mass is 9.80. The van der Waals surface area contributed by atoms with E-state index >= 15 is 0 Å². The minimum Gasteiger partial charge on any atom is -0.507 e. The molecule has 4 aliphatic heterocycles. The number of phenols is 3. The van der Waals surface area contributed by atoms with Crippen LogP contribution < -0.4 is 31.1 Å². The highest BCUT2D eigenvalue weighted by atomic mass is 16.5. The van der Waals surface area contributed by atoms with Crippen LogP contribution in [0.4, 0.5) is 17.8 Å². The Kier molecular flexibility index (Phi) is 18.4. The van der Waals surface area contributed by atoms with E-state index in [1.54, 1.807) is 61.6 Å². The van der Waals surface area contributed by atoms with Gasteiger partial charge in [-0.1, -0.05) is 38.1 Å². The Morgan fingerprint density at radius 1 is 0.598 bits per heavy atom. The predicted molar refractivity (Wildman–Crippen MR) is 354 cm³/mol. The summed E-state index contributed by atoms with van der Waals surface area (Å²) in [5.41, 5.74) is 9.67. The molecule has 0 spiro atoms. The molecule has 25 heteroatoms. The van der Waals surface area contributed by atoms with Crippen LogP contribution in [0, 0.1) is 5.92 Å². The van der Waals surface area contributed by atoms with Gasteiger partial charge in [0.15, 0.2) is 0 Å². The molecular formula is C67H81N21O4. The lowest BCUT2D eigenvalue weighted by Gasteiger charge is -2.46. The summed E-state index contributed by atoms with van der Waals surface area (Å²) >= 11 is 0. The van der Waals surface area contributed by atoms with E-state index in [1.807, 2.05) is 71.4 Å². The van der Waals surface area contributed by atoms with Crippen LogP contribution >= 0.6 is 0 Å². The summed E-state index contributed by atoms with van der Waals surface area (Å²) in [7, 11) is 0. The fourth-order valence-corrected chi connectivity index (χ4v) is 12.9. The Labute approximate surface area is 534 Å². The van der Waals surface area contributed by atoms with Crippen molar-refractivity contribution in [1.82, 2.24) is 91.3 Å². The maximum absolute atomic E-state index is 10.7. The summed E-state index contributed by atoms with van der Waals surface area (Å²) in [4.78, 5) is 22.4. The quantitative estimate of drug-likeness (QED) is 0.0462. The average molecular weight is 1240 g/mol. The zero-order chi connectivity index (χ0) is 64.0. The van der Waals surface area contributed by atoms with Gasteiger partial charge in [-0.2, -0.15) is 10.2 Å². The van der Waals surface area contributed by atoms with Gasteiger partial charge in [0.05, 0.1) is 36.7 Å². The largest absolute Gasteiger partial charge is 0.507 e. The van der Waals surface area contributed by atoms with E-state index in [0.29, 0.717) is 69.6 Å². The molecule has 0 aliphatic carbocycles. The summed E-state index contributed by atoms with van der Waals surface area (Å²) < 4.78 is 7.45. The molecule has 2 unspecified atom stereocenters. The average Bonchev–Trinajstić information content (AvgIpc) is 1.83. The number of piperidine rings is 1. The van der Waals surface area contributed by atoms with Crippen LogP contribution in [-0.4, -0.2) is 171 Å². The Hall–Kier alpha value is -9.56. The lowest BCUT2D eigenvalue weighted by molar-refractivity contribution is 0.0415. The molecule has 14 rings (SSSR count). The molecule has 0 radical (unpaired) electrons. The number of H-pyrrole nitrogens is 2. The number of phenolic OH excluding ortho intramolecular Hbond substituents is 3. The summed E-state index contributed by atoms with van der Waals surface area (Å²) in [5.74, 6) is 2.76. The second kappa shape index (κ2) is 27.1. The van der Waals surface area contributed by atoms with Gasteiger partial charge in [0, 0.05) is 132 Å². The Bertz CT molecular complexity index is 4000. The van der Waals surface area contributed by atoms with Gasteiger partial charge in [-0.05, 0) is 145 Å². The van der Waals surface area contributed by atoms with Gasteiger partial charge >= 0.3 is 0 Å². The Morgan fingerprint density at radius 3 is 1.67 bits per heavy atom. The van der Waals surface area contributed by atoms with Crippen LogP contribution in [0.3, 0.4) is 0 Å². The lowest BCUT2D eigenvalue weighted by Crippen LogP contribution is -2.60. The number of hydrogen-bond acceptors (Lipinski definition) is 22. The first-order valence-electron chi connectivity index (χ1n) is 31.5. The highest BCUT2D eigenvalue weighted by Gasteiger charge is 2.38. The first-order valence-corrected chi connectivity index (χ1v) is 31.5. The zero-order valence-electron chi connectivity index (χ0n) is 53.1. The van der Waals surface area contributed by atoms with Crippen LogP contribution in [0.1, 0.15) is 87.0 Å². The highest BCUT2D eigenvalue weighted by Crippen LogP contribution is 2.37. The van der Waals surface area contributed by atoms with Crippen molar-refractivity contribution in [2.75, 3.05) is 61.1 Å². The molecule has 25 nitrogen and oxygen atoms in total. The zero-order valence-corrected chi connectivity index (χ0v) is 53.1. The van der Waals surface area contributed by atoms with Gasteiger partial charge in [-0.15, -0.1) is 30.6 Å². The maximum Gasteiger partial charge on any atom is 0.245 e. The van der Waals surface area contributed by atoms with Gasteiger partial charge in [0.25, 0.3) is 0 Å². The molecule has 0 saturated carbocycles. The van der Waals surface area contributed by atoms with Gasteiger partial charge < -0.3 is 55.5 Å². The van der Waals surface area contributed by atoms with Crippen LogP contribution in [0.25, 0.3) is 72.9 Å². The van der Waals surface area contributed by atoms with Gasteiger partial charge in [0.1, 0.15) is 40.0 Å². The van der Waals surface area contributed by atoms with Crippen molar-refractivity contribution < 1.29 is 20.1 Å². The number of hydrogen-bond donors (Lipinski definition) is 9. The smallest absolute Gasteiger partial charge is 0.245 e. The number of benzene rings is 3. The third-order valence-electron chi connectivity index (χ3n) is 17.3. The van der Waals surface area contributed by atoms with E-state index in [-0.39, 0.29) is 39.9 Å². The summed E-state index contributed by atoms with van der Waals surface area (Å²) in [5, 5.41) is 85.3. The maximum atomic E-state index is 10.7. The molecule has 7 aromatic heterocycles. The fourth-order valence-electron chi connectivity index (χ4n) is 12.9. The predicted octanol–water partition coefficient (Wildman–Crippen LogP) is 9.11. The van der Waals surface area contributed by atoms with Gasteiger partial charge in [0.2, 0.25) is 17.8 Å². The van der Waals surface area contributed by atoms with Crippen molar-refractivity contribution >= 4 is 23.5 Å². The van der Waals surface area contributed by atoms with Gasteiger partial charge in [-0.25, -0.2) is 19.9 Å². The number of rotatable bonds is 15. The van der Waals surface area contributed by atoms with Crippen molar-refractivity contribution in [3.8, 4) is 84.5 Å². The molecule has 10 aromatic rings. The Balaban J connectivity index is 0.000000134. The molecule has 0 amide bonds. The number of imidazole rings is 1. The molecule has 2 atom stereocenters. The molecule has 9 N–H and O–H groups in total. The standard InChI is InChI=1S/C25H29N7O.C22H27N7O2.C20H25N7O/c1-24(2)12-17(13-25(3,4)31-24)27-23-26-14-19(29-30-23)18-9-8-16(11-21(18)33)20-15-32-10-6-5-7-22(32)28-20;1-22(5-8-31-9-6-22)26-17-4-7-29(14-17)21-23-13-19(27-28-21)18-3-2-15(10-20(18)30)16-11-24-25-12-16;1-13(2)21-8-14-5-6-27(12-14)20-22-11-18(25-26-20)17-4-3-15(7-19(17)28)16-9-23-24-10-16/h5-11,14-15,17,31,33H,12-13H2,1-4H3,(H,26,27,30);2-3,10-13,17,26,30H,4-9,14H2,1H3,(H,24,25);3-4,7,9-11,13-14,21,28H,5-6,8,12H2,1-2H3,(H,23,24). The number of fused-ring (bicyclic) bond motifs is 1. The SMILES string of the molecule is CC(C)NCC1CCN(c2ncc(-c3ccc(-c4cn[nH]c4)cc3O)nn2)C1.CC1(C)CC(Nc2ncc(-c3ccc(-c4cn5ccccc5n4)cc3O)nn2)CC(C)(C)N1.CC1(NC2CCN(c3ncc(-c4ccc(-c5cn[nH]c5)cc4O)nn3)C2)CCOCC1. The molecule has 4 saturated heterocycles. The molecule has 3 aromatic carbocycles. The van der Waals surface area contributed by atoms with Gasteiger partial charge in [-0.3, -0.25) is 10.2 Å². The molecule has 4 fully saturated rings. The van der Waals surface area contributed by atoms with Crippen LogP contribution in [0.15, 0.2) is 129 Å². The topological polar surface area (TPSA) is 315 Å². The third-order valence-corrected chi connectivity index (χ3v) is 17.3. The summed E-state index contributed by atoms with van der Waals surface area (Å²) in [6.45, 7) is 21.8. The first-order chi connectivity index (χ1) is 44.4. The van der Waals surface area contributed by atoms with Crippen LogP contribution in [0.5, 0.6) is 17.2 Å². The second-order valence-electron chi connectivity index (χ2n) is 26.3. The van der Waals surface area contributed by atoms with E-state index in [9.17, 15) is 15.3 Å². The number of aromatic amines is 2. The monoisotopic (exact) mass is 1240 g/mol. The number of pyridine rings is 1. The molecule has 92 heavy (non-hydrogen) atoms. The Morgan fingerprint density at radius 2 is 1.15 bits per heavy atom. The normalized spacial score (nSPS) is 18.5. The van der Waals surface area contributed by atoms with E-state index in [4.69, 9.17) is 4.74 Å². The highest BCUT2D eigenvalue weighted by molar-refractivity contribution is 5.76. The molecule has 478 valence electrons. The number of anilines is 3. The first kappa shape index (κ1) is 62.6. The van der Waals surface area contributed by atoms with Crippen LogP contribution in [0.2, 0.25) is 0 Å². The van der Waals surface area contributed by atoms with Crippen molar-refractivity contribution in [2.24, 2.45) is 5.92 Å². The molecule has 11 heterocycles. The molecular weight excluding hydrogens is 1160 g/mol. The minimum atomic E-state index is 0.0290. The second-order valence-corrected chi connectivity index (χ2v) is 26.3. The van der Waals surface area contributed by atoms with Crippen LogP contribution in [-0.2, 0) is 4.74 Å². The molecule has 4 aliphatic rings. The van der Waals surface area contributed by atoms with Crippen molar-refractivity contribution in [3.05, 3.63) is 129 Å². The third kappa shape index (κ3) is 15.3. The van der Waals surface area contributed by atoms with E-state index in [2.05, 4.69) is 150 Å². The van der Waals surface area contributed by atoms with E-state index in [0.717, 1.165) is 124 Å². The van der Waals surface area contributed by atoms with Crippen molar-refractivity contribution in [1.29, 1.82) is 0 Å². The van der Waals surface area contributed by atoms with Crippen molar-refractivity contribution in [2.45, 2.75) is 122 Å². The molecule has 0 bridgehead atoms. The van der Waals surface area contributed by atoms with E-state index < -0.39 is 0 Å². The number of nitrogens with zero attached hydrogens (tertiary/aromatic N) is 15. The number of nitrogens with one attached hydrogen (secondary N) is 6. The number of aromatic nitrogens is 15. The summed E-state index contributed by atoms with van der Waals surface area (Å²) in [6, 6.07) is 23.3. The minimum absolute atomic E-state index is 0.0290. The number of ether oxygens (including phenoxy) is 1. The van der Waals surface area contributed by atoms with Crippen molar-refractivity contribution in [3.63, 3.8) is 0 Å². The number of aromatic hydroxyl groups is 3. The van der Waals surface area contributed by atoms with E-state index in [1.165, 1.54) is 0 Å². The fraction of sp³-hybridized carbons (Fsp3) is 0.403. The summed E-state index contributed by atoms with van der Waals surface area (Å²) in [6.07, 6.45) is 22.1.